The van der Waals surface area contributed by atoms with Crippen molar-refractivity contribution < 1.29 is 27.4 Å². The zero-order valence-corrected chi connectivity index (χ0v) is 18.0. The molecule has 7 nitrogen and oxygen atoms in total. The van der Waals surface area contributed by atoms with E-state index >= 15 is 0 Å². The molecule has 174 valence electrons. The number of carbonyl (C=O) groups is 1. The highest BCUT2D eigenvalue weighted by Gasteiger charge is 2.31. The molecule has 0 aliphatic rings. The number of halogens is 3. The van der Waals surface area contributed by atoms with Crippen LogP contribution in [-0.4, -0.2) is 29.9 Å². The van der Waals surface area contributed by atoms with E-state index in [2.05, 4.69) is 10.4 Å². The molecule has 0 saturated carbocycles. The summed E-state index contributed by atoms with van der Waals surface area (Å²) in [5, 5.41) is 6.77. The van der Waals surface area contributed by atoms with Gasteiger partial charge >= 0.3 is 6.18 Å². The van der Waals surface area contributed by atoms with Crippen LogP contribution in [0.25, 0.3) is 11.3 Å². The van der Waals surface area contributed by atoms with Crippen LogP contribution >= 0.6 is 0 Å². The first kappa shape index (κ1) is 23.8. The first-order chi connectivity index (χ1) is 15.7. The van der Waals surface area contributed by atoms with Crippen LogP contribution < -0.4 is 20.3 Å². The van der Waals surface area contributed by atoms with Crippen LogP contribution in [0.1, 0.15) is 18.4 Å². The number of anilines is 1. The number of ether oxygens (including phenoxy) is 2. The maximum absolute atomic E-state index is 13.0. The summed E-state index contributed by atoms with van der Waals surface area (Å²) in [4.78, 5) is 24.4. The van der Waals surface area contributed by atoms with Gasteiger partial charge in [-0.15, -0.1) is 0 Å². The molecule has 1 amide bonds. The molecule has 0 radical (unpaired) electrons. The van der Waals surface area contributed by atoms with Gasteiger partial charge in [0.1, 0.15) is 11.5 Å². The van der Waals surface area contributed by atoms with Crippen molar-refractivity contribution in [3.05, 3.63) is 70.5 Å². The number of carbonyl (C=O) groups excluding carboxylic acids is 1. The Labute approximate surface area is 187 Å². The van der Waals surface area contributed by atoms with Crippen molar-refractivity contribution in [2.24, 2.45) is 0 Å². The lowest BCUT2D eigenvalue weighted by Crippen LogP contribution is -2.23. The molecule has 0 unspecified atom stereocenters. The maximum atomic E-state index is 13.0. The summed E-state index contributed by atoms with van der Waals surface area (Å²) in [6.45, 7) is 0.163. The van der Waals surface area contributed by atoms with Crippen molar-refractivity contribution in [2.75, 3.05) is 19.5 Å². The second kappa shape index (κ2) is 10.2. The molecule has 1 N–H and O–H groups in total. The Morgan fingerprint density at radius 3 is 2.39 bits per heavy atom. The van der Waals surface area contributed by atoms with E-state index in [1.807, 2.05) is 12.1 Å². The summed E-state index contributed by atoms with van der Waals surface area (Å²) >= 11 is 0. The van der Waals surface area contributed by atoms with Crippen LogP contribution in [0.15, 0.2) is 59.4 Å². The molecule has 3 rings (SSSR count). The van der Waals surface area contributed by atoms with Crippen LogP contribution in [0, 0.1) is 0 Å². The fourth-order valence-electron chi connectivity index (χ4n) is 3.11. The average Bonchev–Trinajstić information content (AvgIpc) is 2.79. The number of aromatic nitrogens is 2. The van der Waals surface area contributed by atoms with Crippen molar-refractivity contribution in [3.63, 3.8) is 0 Å². The summed E-state index contributed by atoms with van der Waals surface area (Å²) in [5.41, 5.74) is 0.0698. The second-order valence-electron chi connectivity index (χ2n) is 7.07. The zero-order valence-electron chi connectivity index (χ0n) is 18.0. The molecule has 0 saturated heterocycles. The number of amides is 1. The molecule has 0 spiro atoms. The molecular weight excluding hydrogens is 439 g/mol. The zero-order chi connectivity index (χ0) is 24.0. The molecule has 2 aromatic carbocycles. The molecular formula is C23H22F3N3O4. The average molecular weight is 461 g/mol. The van der Waals surface area contributed by atoms with Crippen molar-refractivity contribution in [3.8, 4) is 22.8 Å². The third-order valence-corrected chi connectivity index (χ3v) is 4.83. The van der Waals surface area contributed by atoms with Gasteiger partial charge in [0.25, 0.3) is 5.56 Å². The molecule has 0 aliphatic heterocycles. The van der Waals surface area contributed by atoms with Crippen LogP contribution in [0.5, 0.6) is 11.5 Å². The molecule has 0 bridgehead atoms. The number of aryl methyl sites for hydroxylation is 1. The van der Waals surface area contributed by atoms with E-state index in [1.54, 1.807) is 25.3 Å². The van der Waals surface area contributed by atoms with Gasteiger partial charge in [0, 0.05) is 24.6 Å². The number of hydrogen-bond acceptors (Lipinski definition) is 5. The van der Waals surface area contributed by atoms with Crippen molar-refractivity contribution in [1.29, 1.82) is 0 Å². The number of methoxy groups -OCH3 is 2. The van der Waals surface area contributed by atoms with Gasteiger partial charge in [0.2, 0.25) is 5.91 Å². The standard InChI is InChI=1S/C23H22F3N3O4/c1-32-17-8-5-15(6-9-17)18-10-12-22(31)29(28-18)13-3-4-21(30)27-19-14-16(23(24,25)26)7-11-20(19)33-2/h5-12,14H,3-4,13H2,1-2H3,(H,27,30). The van der Waals surface area contributed by atoms with Gasteiger partial charge in [-0.05, 0) is 55.0 Å². The van der Waals surface area contributed by atoms with Crippen molar-refractivity contribution >= 4 is 11.6 Å². The van der Waals surface area contributed by atoms with Crippen LogP contribution in [0.4, 0.5) is 18.9 Å². The van der Waals surface area contributed by atoms with E-state index in [0.717, 1.165) is 23.8 Å². The molecule has 1 heterocycles. The third-order valence-electron chi connectivity index (χ3n) is 4.83. The van der Waals surface area contributed by atoms with Crippen molar-refractivity contribution in [1.82, 2.24) is 9.78 Å². The number of hydrogen-bond donors (Lipinski definition) is 1. The molecule has 0 fully saturated rings. The predicted molar refractivity (Wildman–Crippen MR) is 116 cm³/mol. The van der Waals surface area contributed by atoms with Gasteiger partial charge in [0.05, 0.1) is 31.2 Å². The highest BCUT2D eigenvalue weighted by atomic mass is 19.4. The van der Waals surface area contributed by atoms with E-state index in [4.69, 9.17) is 9.47 Å². The van der Waals surface area contributed by atoms with E-state index in [-0.39, 0.29) is 36.4 Å². The normalized spacial score (nSPS) is 11.2. The van der Waals surface area contributed by atoms with E-state index in [9.17, 15) is 22.8 Å². The van der Waals surface area contributed by atoms with Crippen LogP contribution in [0.3, 0.4) is 0 Å². The van der Waals surface area contributed by atoms with Gasteiger partial charge in [-0.3, -0.25) is 9.59 Å². The number of nitrogens with zero attached hydrogens (tertiary/aromatic N) is 2. The minimum Gasteiger partial charge on any atom is -0.497 e. The lowest BCUT2D eigenvalue weighted by atomic mass is 10.1. The summed E-state index contributed by atoms with van der Waals surface area (Å²) in [7, 11) is 2.86. The Morgan fingerprint density at radius 1 is 1.03 bits per heavy atom. The maximum Gasteiger partial charge on any atom is 0.416 e. The number of alkyl halides is 3. The van der Waals surface area contributed by atoms with Gasteiger partial charge < -0.3 is 14.8 Å². The topological polar surface area (TPSA) is 82.5 Å². The van der Waals surface area contributed by atoms with Gasteiger partial charge in [0.15, 0.2) is 0 Å². The smallest absolute Gasteiger partial charge is 0.416 e. The molecule has 0 atom stereocenters. The minimum absolute atomic E-state index is 0.0275. The lowest BCUT2D eigenvalue weighted by molar-refractivity contribution is -0.137. The first-order valence-electron chi connectivity index (χ1n) is 9.99. The van der Waals surface area contributed by atoms with Crippen LogP contribution in [0.2, 0.25) is 0 Å². The highest BCUT2D eigenvalue weighted by molar-refractivity contribution is 5.92. The summed E-state index contributed by atoms with van der Waals surface area (Å²) in [5.74, 6) is 0.295. The number of nitrogens with one attached hydrogen (secondary N) is 1. The monoisotopic (exact) mass is 461 g/mol. The van der Waals surface area contributed by atoms with E-state index < -0.39 is 17.6 Å². The Hall–Kier alpha value is -3.82. The molecule has 1 aromatic heterocycles. The largest absolute Gasteiger partial charge is 0.497 e. The van der Waals surface area contributed by atoms with Crippen LogP contribution in [-0.2, 0) is 17.5 Å². The third kappa shape index (κ3) is 6.12. The molecule has 3 aromatic rings. The molecule has 33 heavy (non-hydrogen) atoms. The SMILES string of the molecule is COc1ccc(-c2ccc(=O)n(CCCC(=O)Nc3cc(C(F)(F)F)ccc3OC)n2)cc1. The number of rotatable bonds is 8. The van der Waals surface area contributed by atoms with Crippen molar-refractivity contribution in [2.45, 2.75) is 25.6 Å². The summed E-state index contributed by atoms with van der Waals surface area (Å²) in [6.07, 6.45) is -4.32. The van der Waals surface area contributed by atoms with Gasteiger partial charge in [-0.25, -0.2) is 4.68 Å². The minimum atomic E-state index is -4.55. The lowest BCUT2D eigenvalue weighted by Gasteiger charge is -2.14. The van der Waals surface area contributed by atoms with Gasteiger partial charge in [-0.1, -0.05) is 0 Å². The molecule has 0 aliphatic carbocycles. The Bertz CT molecular complexity index is 1170. The second-order valence-corrected chi connectivity index (χ2v) is 7.07. The molecule has 10 heteroatoms. The highest BCUT2D eigenvalue weighted by Crippen LogP contribution is 2.35. The van der Waals surface area contributed by atoms with E-state index in [1.165, 1.54) is 17.9 Å². The fourth-order valence-corrected chi connectivity index (χ4v) is 3.11. The fraction of sp³-hybridized carbons (Fsp3) is 0.261. The number of benzene rings is 2. The van der Waals surface area contributed by atoms with Gasteiger partial charge in [-0.2, -0.15) is 18.3 Å². The quantitative estimate of drug-likeness (QED) is 0.539. The summed E-state index contributed by atoms with van der Waals surface area (Å²) < 4.78 is 50.3. The Kier molecular flexibility index (Phi) is 7.37. The van der Waals surface area contributed by atoms with E-state index in [0.29, 0.717) is 11.4 Å². The Balaban J connectivity index is 1.64. The summed E-state index contributed by atoms with van der Waals surface area (Å²) in [6, 6.07) is 13.0. The Morgan fingerprint density at radius 2 is 1.76 bits per heavy atom. The first-order valence-corrected chi connectivity index (χ1v) is 9.99. The predicted octanol–water partition coefficient (Wildman–Crippen LogP) is 4.37.